The summed E-state index contributed by atoms with van der Waals surface area (Å²) in [6.07, 6.45) is 1.14. The quantitative estimate of drug-likeness (QED) is 0.747. The minimum absolute atomic E-state index is 0.585. The van der Waals surface area contributed by atoms with Gasteiger partial charge in [0.15, 0.2) is 9.54 Å². The molecule has 0 saturated carbocycles. The number of rotatable bonds is 2. The summed E-state index contributed by atoms with van der Waals surface area (Å²) in [6.45, 7) is 3.28. The van der Waals surface area contributed by atoms with Crippen LogP contribution < -0.4 is 5.73 Å². The SMILES string of the molecule is NCCn1c(=S)n2n(c1=S)CCC2. The summed E-state index contributed by atoms with van der Waals surface area (Å²) in [7, 11) is 0. The molecule has 0 spiro atoms. The Morgan fingerprint density at radius 3 is 2.15 bits per heavy atom. The molecule has 0 saturated heterocycles. The first-order chi connectivity index (χ1) is 6.25. The average molecular weight is 216 g/mol. The molecule has 0 fully saturated rings. The van der Waals surface area contributed by atoms with Crippen molar-refractivity contribution in [2.45, 2.75) is 26.1 Å². The van der Waals surface area contributed by atoms with Crippen LogP contribution in [0.15, 0.2) is 0 Å². The molecule has 2 rings (SSSR count). The predicted molar refractivity (Wildman–Crippen MR) is 55.8 cm³/mol. The highest BCUT2D eigenvalue weighted by Crippen LogP contribution is 2.10. The minimum atomic E-state index is 0.585. The third-order valence-electron chi connectivity index (χ3n) is 2.29. The Bertz CT molecular complexity index is 389. The van der Waals surface area contributed by atoms with Crippen molar-refractivity contribution in [3.8, 4) is 0 Å². The van der Waals surface area contributed by atoms with Gasteiger partial charge in [-0.3, -0.25) is 13.9 Å². The first-order valence-corrected chi connectivity index (χ1v) is 5.18. The first-order valence-electron chi connectivity index (χ1n) is 4.36. The Labute approximate surface area is 86.6 Å². The Balaban J connectivity index is 2.61. The van der Waals surface area contributed by atoms with Gasteiger partial charge >= 0.3 is 0 Å². The van der Waals surface area contributed by atoms with E-state index in [1.54, 1.807) is 0 Å². The van der Waals surface area contributed by atoms with Gasteiger partial charge in [-0.05, 0) is 30.9 Å². The molecule has 0 atom stereocenters. The fourth-order valence-electron chi connectivity index (χ4n) is 1.69. The van der Waals surface area contributed by atoms with E-state index >= 15 is 0 Å². The molecular weight excluding hydrogens is 204 g/mol. The lowest BCUT2D eigenvalue weighted by Gasteiger charge is -1.97. The number of nitrogens with two attached hydrogens (primary N) is 1. The third-order valence-corrected chi connectivity index (χ3v) is 3.15. The van der Waals surface area contributed by atoms with Crippen molar-refractivity contribution in [2.24, 2.45) is 5.73 Å². The molecular formula is C7H12N4S2. The number of fused-ring (bicyclic) bond motifs is 1. The lowest BCUT2D eigenvalue weighted by Crippen LogP contribution is -2.11. The minimum Gasteiger partial charge on any atom is -0.329 e. The van der Waals surface area contributed by atoms with Crippen LogP contribution in [-0.4, -0.2) is 20.5 Å². The molecule has 0 aromatic carbocycles. The maximum Gasteiger partial charge on any atom is 0.197 e. The van der Waals surface area contributed by atoms with Crippen LogP contribution in [0.2, 0.25) is 0 Å². The summed E-state index contributed by atoms with van der Waals surface area (Å²) in [4.78, 5) is 0. The van der Waals surface area contributed by atoms with Gasteiger partial charge in [-0.1, -0.05) is 0 Å². The van der Waals surface area contributed by atoms with Crippen LogP contribution in [-0.2, 0) is 19.6 Å². The maximum absolute atomic E-state index is 5.49. The molecule has 1 aliphatic heterocycles. The third kappa shape index (κ3) is 1.29. The predicted octanol–water partition coefficient (Wildman–Crippen LogP) is 0.912. The van der Waals surface area contributed by atoms with E-state index in [4.69, 9.17) is 30.2 Å². The molecule has 1 aromatic rings. The Morgan fingerprint density at radius 1 is 1.15 bits per heavy atom. The summed E-state index contributed by atoms with van der Waals surface area (Å²) < 4.78 is 7.69. The van der Waals surface area contributed by atoms with Crippen molar-refractivity contribution < 1.29 is 0 Å². The van der Waals surface area contributed by atoms with Gasteiger partial charge in [0.05, 0.1) is 0 Å². The van der Waals surface area contributed by atoms with Crippen LogP contribution in [0.5, 0.6) is 0 Å². The largest absolute Gasteiger partial charge is 0.329 e. The fraction of sp³-hybridized carbons (Fsp3) is 0.714. The van der Waals surface area contributed by atoms with Gasteiger partial charge in [-0.25, -0.2) is 0 Å². The van der Waals surface area contributed by atoms with E-state index in [-0.39, 0.29) is 0 Å². The molecule has 0 radical (unpaired) electrons. The van der Waals surface area contributed by atoms with Crippen molar-refractivity contribution in [3.05, 3.63) is 9.54 Å². The Kier molecular flexibility index (Phi) is 2.35. The van der Waals surface area contributed by atoms with Gasteiger partial charge in [0, 0.05) is 26.2 Å². The van der Waals surface area contributed by atoms with Crippen LogP contribution in [0.3, 0.4) is 0 Å². The van der Waals surface area contributed by atoms with Crippen LogP contribution in [0, 0.1) is 9.54 Å². The molecule has 0 aliphatic carbocycles. The van der Waals surface area contributed by atoms with Gasteiger partial charge in [-0.15, -0.1) is 0 Å². The second kappa shape index (κ2) is 3.36. The highest BCUT2D eigenvalue weighted by atomic mass is 32.1. The molecule has 1 aliphatic rings. The van der Waals surface area contributed by atoms with Gasteiger partial charge in [0.1, 0.15) is 0 Å². The zero-order chi connectivity index (χ0) is 9.42. The maximum atomic E-state index is 5.49. The zero-order valence-corrected chi connectivity index (χ0v) is 8.90. The van der Waals surface area contributed by atoms with E-state index in [2.05, 4.69) is 9.36 Å². The topological polar surface area (TPSA) is 40.8 Å². The molecule has 6 heteroatoms. The fourth-order valence-corrected chi connectivity index (χ4v) is 2.48. The second-order valence-corrected chi connectivity index (χ2v) is 3.84. The number of nitrogens with zero attached hydrogens (tertiary/aromatic N) is 3. The monoisotopic (exact) mass is 216 g/mol. The van der Waals surface area contributed by atoms with E-state index in [9.17, 15) is 0 Å². The van der Waals surface area contributed by atoms with Crippen molar-refractivity contribution in [3.63, 3.8) is 0 Å². The number of hydrogen-bond donors (Lipinski definition) is 1. The van der Waals surface area contributed by atoms with Crippen LogP contribution >= 0.6 is 24.4 Å². The molecule has 72 valence electrons. The molecule has 1 aromatic heterocycles. The average Bonchev–Trinajstić information content (AvgIpc) is 2.66. The van der Waals surface area contributed by atoms with Crippen molar-refractivity contribution >= 4 is 24.4 Å². The van der Waals surface area contributed by atoms with Crippen molar-refractivity contribution in [1.29, 1.82) is 0 Å². The summed E-state index contributed by atoms with van der Waals surface area (Å²) >= 11 is 10.6. The van der Waals surface area contributed by atoms with Gasteiger partial charge in [0.25, 0.3) is 0 Å². The summed E-state index contributed by atoms with van der Waals surface area (Å²) in [5, 5.41) is 0. The lowest BCUT2D eigenvalue weighted by atomic mass is 10.5. The molecule has 0 bridgehead atoms. The molecule has 0 amide bonds. The highest BCUT2D eigenvalue weighted by molar-refractivity contribution is 7.72. The van der Waals surface area contributed by atoms with Gasteiger partial charge in [0.2, 0.25) is 0 Å². The first kappa shape index (κ1) is 9.11. The highest BCUT2D eigenvalue weighted by Gasteiger charge is 2.14. The molecule has 0 unspecified atom stereocenters. The van der Waals surface area contributed by atoms with Gasteiger partial charge < -0.3 is 5.73 Å². The molecule has 13 heavy (non-hydrogen) atoms. The normalized spacial score (nSPS) is 14.8. The van der Waals surface area contributed by atoms with Crippen molar-refractivity contribution in [1.82, 2.24) is 13.9 Å². The lowest BCUT2D eigenvalue weighted by molar-refractivity contribution is 0.598. The smallest absolute Gasteiger partial charge is 0.197 e. The van der Waals surface area contributed by atoms with E-state index < -0.39 is 0 Å². The van der Waals surface area contributed by atoms with Crippen LogP contribution in [0.4, 0.5) is 0 Å². The Morgan fingerprint density at radius 2 is 1.69 bits per heavy atom. The molecule has 2 N–H and O–H groups in total. The molecule has 4 nitrogen and oxygen atoms in total. The van der Waals surface area contributed by atoms with E-state index in [1.807, 2.05) is 4.57 Å². The second-order valence-electron chi connectivity index (χ2n) is 3.11. The van der Waals surface area contributed by atoms with E-state index in [0.717, 1.165) is 35.6 Å². The van der Waals surface area contributed by atoms with Gasteiger partial charge in [-0.2, -0.15) is 0 Å². The standard InChI is InChI=1S/C7H12N4S2/c8-2-5-9-6(12)10-3-1-4-11(10)7(9)13/h1-5,8H2. The zero-order valence-electron chi connectivity index (χ0n) is 7.27. The summed E-state index contributed by atoms with van der Waals surface area (Å²) in [5.41, 5.74) is 5.49. The van der Waals surface area contributed by atoms with Crippen molar-refractivity contribution in [2.75, 3.05) is 6.54 Å². The number of hydrogen-bond acceptors (Lipinski definition) is 3. The van der Waals surface area contributed by atoms with E-state index in [0.29, 0.717) is 6.54 Å². The number of aromatic nitrogens is 3. The molecule has 2 heterocycles. The van der Waals surface area contributed by atoms with Crippen LogP contribution in [0.25, 0.3) is 0 Å². The van der Waals surface area contributed by atoms with E-state index in [1.165, 1.54) is 0 Å². The van der Waals surface area contributed by atoms with Crippen LogP contribution in [0.1, 0.15) is 6.42 Å². The Hall–Kier alpha value is -0.460. The summed E-state index contributed by atoms with van der Waals surface area (Å²) in [6, 6.07) is 0. The summed E-state index contributed by atoms with van der Waals surface area (Å²) in [5.74, 6) is 0.